The second-order valence-corrected chi connectivity index (χ2v) is 11.6. The van der Waals surface area contributed by atoms with Crippen LogP contribution >= 0.6 is 0 Å². The van der Waals surface area contributed by atoms with E-state index >= 15 is 0 Å². The molecule has 38 heavy (non-hydrogen) atoms. The Bertz CT molecular complexity index is 1240. The summed E-state index contributed by atoms with van der Waals surface area (Å²) in [5.74, 6) is 0.0631. The molecule has 3 aliphatic rings. The summed E-state index contributed by atoms with van der Waals surface area (Å²) in [6.45, 7) is 7.35. The second kappa shape index (κ2) is 9.27. The average Bonchev–Trinajstić information content (AvgIpc) is 3.64. The van der Waals surface area contributed by atoms with Gasteiger partial charge < -0.3 is 25.2 Å². The van der Waals surface area contributed by atoms with Crippen molar-refractivity contribution >= 4 is 17.8 Å². The van der Waals surface area contributed by atoms with Gasteiger partial charge in [0.15, 0.2) is 5.96 Å². The van der Waals surface area contributed by atoms with E-state index < -0.39 is 35.2 Å². The van der Waals surface area contributed by atoms with Crippen LogP contribution in [0.5, 0.6) is 11.6 Å². The number of nitrogens with zero attached hydrogens (tertiary/aromatic N) is 2. The molecule has 1 aliphatic carbocycles. The van der Waals surface area contributed by atoms with Crippen molar-refractivity contribution in [3.05, 3.63) is 53.7 Å². The number of aliphatic hydroxyl groups excluding tert-OH is 1. The number of rotatable bonds is 6. The lowest BCUT2D eigenvalue weighted by molar-refractivity contribution is -0.133. The first-order valence-corrected chi connectivity index (χ1v) is 12.9. The SMILES string of the molecule is COc1ccc(C([C@@H]2C[C@H]2C(=O)N[C@@H]2c3ccccc3OC(C)(C)[C@H]2O)N2C(=N)NC(C)(C)CC2=O)cn1. The number of pyridine rings is 1. The van der Waals surface area contributed by atoms with E-state index in [0.29, 0.717) is 18.1 Å². The molecule has 5 atom stereocenters. The summed E-state index contributed by atoms with van der Waals surface area (Å²) in [4.78, 5) is 32.6. The van der Waals surface area contributed by atoms with Crippen LogP contribution in [0.1, 0.15) is 63.7 Å². The fourth-order valence-corrected chi connectivity index (χ4v) is 5.61. The molecular weight excluding hydrogens is 486 g/mol. The summed E-state index contributed by atoms with van der Waals surface area (Å²) < 4.78 is 11.2. The first-order valence-electron chi connectivity index (χ1n) is 12.9. The van der Waals surface area contributed by atoms with Gasteiger partial charge in [-0.3, -0.25) is 19.9 Å². The summed E-state index contributed by atoms with van der Waals surface area (Å²) in [5, 5.41) is 25.9. The van der Waals surface area contributed by atoms with Crippen molar-refractivity contribution in [2.75, 3.05) is 7.11 Å². The number of carbonyl (C=O) groups excluding carboxylic acids is 2. The summed E-state index contributed by atoms with van der Waals surface area (Å²) in [6.07, 6.45) is 1.44. The van der Waals surface area contributed by atoms with E-state index in [1.165, 1.54) is 12.0 Å². The zero-order valence-corrected chi connectivity index (χ0v) is 22.3. The minimum absolute atomic E-state index is 0.00801. The van der Waals surface area contributed by atoms with Crippen molar-refractivity contribution in [3.8, 4) is 11.6 Å². The molecule has 1 unspecified atom stereocenters. The molecule has 0 radical (unpaired) electrons. The molecule has 2 amide bonds. The Balaban J connectivity index is 1.41. The van der Waals surface area contributed by atoms with E-state index in [1.807, 2.05) is 44.2 Å². The van der Waals surface area contributed by atoms with Crippen LogP contribution in [0.15, 0.2) is 42.6 Å². The number of aromatic nitrogens is 1. The maximum Gasteiger partial charge on any atom is 0.232 e. The lowest BCUT2D eigenvalue weighted by atomic mass is 9.86. The van der Waals surface area contributed by atoms with Crippen molar-refractivity contribution in [3.63, 3.8) is 0 Å². The Morgan fingerprint density at radius 2 is 2.00 bits per heavy atom. The highest BCUT2D eigenvalue weighted by molar-refractivity contribution is 5.99. The van der Waals surface area contributed by atoms with Gasteiger partial charge in [-0.1, -0.05) is 24.3 Å². The predicted molar refractivity (Wildman–Crippen MR) is 140 cm³/mol. The zero-order chi connectivity index (χ0) is 27.4. The highest BCUT2D eigenvalue weighted by atomic mass is 16.5. The third kappa shape index (κ3) is 4.69. The van der Waals surface area contributed by atoms with Crippen LogP contribution in [-0.4, -0.2) is 57.1 Å². The number of amides is 2. The molecule has 0 bridgehead atoms. The average molecular weight is 522 g/mol. The van der Waals surface area contributed by atoms with Gasteiger partial charge in [0.05, 0.1) is 19.2 Å². The van der Waals surface area contributed by atoms with Gasteiger partial charge in [0, 0.05) is 35.7 Å². The molecule has 1 saturated carbocycles. The minimum atomic E-state index is -0.955. The summed E-state index contributed by atoms with van der Waals surface area (Å²) in [5.41, 5.74) is 0.0245. The largest absolute Gasteiger partial charge is 0.485 e. The first-order chi connectivity index (χ1) is 17.9. The normalized spacial score (nSPS) is 27.9. The number of hydrogen-bond donors (Lipinski definition) is 4. The fraction of sp³-hybridized carbons (Fsp3) is 0.500. The third-order valence-corrected chi connectivity index (χ3v) is 7.68. The molecule has 4 N–H and O–H groups in total. The number of para-hydroxylation sites is 1. The van der Waals surface area contributed by atoms with Crippen LogP contribution in [0.25, 0.3) is 0 Å². The van der Waals surface area contributed by atoms with E-state index in [2.05, 4.69) is 15.6 Å². The lowest BCUT2D eigenvalue weighted by Crippen LogP contribution is -2.60. The summed E-state index contributed by atoms with van der Waals surface area (Å²) in [6, 6.07) is 9.74. The van der Waals surface area contributed by atoms with Crippen LogP contribution in [0.2, 0.25) is 0 Å². The number of methoxy groups -OCH3 is 1. The summed E-state index contributed by atoms with van der Waals surface area (Å²) >= 11 is 0. The molecule has 3 heterocycles. The van der Waals surface area contributed by atoms with Crippen molar-refractivity contribution in [1.29, 1.82) is 5.41 Å². The summed E-state index contributed by atoms with van der Waals surface area (Å²) in [7, 11) is 1.53. The van der Waals surface area contributed by atoms with E-state index in [9.17, 15) is 14.7 Å². The Hall–Kier alpha value is -3.66. The van der Waals surface area contributed by atoms with Crippen LogP contribution in [0.4, 0.5) is 0 Å². The monoisotopic (exact) mass is 521 g/mol. The van der Waals surface area contributed by atoms with Gasteiger partial charge in [0.25, 0.3) is 0 Å². The molecule has 1 aromatic carbocycles. The molecule has 0 spiro atoms. The van der Waals surface area contributed by atoms with Crippen molar-refractivity contribution < 1.29 is 24.2 Å². The van der Waals surface area contributed by atoms with Crippen LogP contribution in [0.3, 0.4) is 0 Å². The standard InChI is InChI=1S/C28H35N5O5/c1-27(2)13-21(34)33(26(29)32-27)23(15-10-11-20(37-5)30-14-15)17-12-18(17)25(36)31-22-16-8-6-7-9-19(16)38-28(3,4)24(22)35/h6-11,14,17-18,22-24,35H,12-13H2,1-5H3,(H2,29,32)(H,31,36)/t17-,18-,22-,23?,24+/m1/s1. The van der Waals surface area contributed by atoms with E-state index in [-0.39, 0.29) is 30.1 Å². The zero-order valence-electron chi connectivity index (χ0n) is 22.3. The number of aliphatic hydroxyl groups is 1. The van der Waals surface area contributed by atoms with Crippen molar-refractivity contribution in [2.45, 2.75) is 69.9 Å². The number of fused-ring (bicyclic) bond motifs is 1. The predicted octanol–water partition coefficient (Wildman–Crippen LogP) is 2.69. The molecule has 1 aromatic heterocycles. The van der Waals surface area contributed by atoms with Crippen LogP contribution in [0, 0.1) is 17.2 Å². The first kappa shape index (κ1) is 26.0. The molecular formula is C28H35N5O5. The highest BCUT2D eigenvalue weighted by Crippen LogP contribution is 2.51. The molecule has 2 aliphatic heterocycles. The number of benzene rings is 1. The van der Waals surface area contributed by atoms with Gasteiger partial charge in [0.1, 0.15) is 17.5 Å². The number of ether oxygens (including phenoxy) is 2. The molecule has 2 aromatic rings. The fourth-order valence-electron chi connectivity index (χ4n) is 5.61. The Kier molecular flexibility index (Phi) is 6.33. The molecule has 10 heteroatoms. The second-order valence-electron chi connectivity index (χ2n) is 11.6. The Morgan fingerprint density at radius 1 is 1.26 bits per heavy atom. The Morgan fingerprint density at radius 3 is 2.66 bits per heavy atom. The van der Waals surface area contributed by atoms with Gasteiger partial charge in [-0.15, -0.1) is 0 Å². The number of carbonyl (C=O) groups is 2. The molecule has 202 valence electrons. The lowest BCUT2D eigenvalue weighted by Gasteiger charge is -2.43. The van der Waals surface area contributed by atoms with Crippen LogP contribution < -0.4 is 20.1 Å². The van der Waals surface area contributed by atoms with Gasteiger partial charge >= 0.3 is 0 Å². The number of hydrogen-bond acceptors (Lipinski definition) is 7. The third-order valence-electron chi connectivity index (χ3n) is 7.68. The van der Waals surface area contributed by atoms with Gasteiger partial charge in [-0.25, -0.2) is 4.98 Å². The number of guanidine groups is 1. The highest BCUT2D eigenvalue weighted by Gasteiger charge is 2.54. The number of nitrogens with one attached hydrogen (secondary N) is 3. The Labute approximate surface area is 222 Å². The maximum atomic E-state index is 13.6. The van der Waals surface area contributed by atoms with Gasteiger partial charge in [0.2, 0.25) is 17.7 Å². The molecule has 2 fully saturated rings. The minimum Gasteiger partial charge on any atom is -0.485 e. The van der Waals surface area contributed by atoms with E-state index in [1.54, 1.807) is 26.1 Å². The van der Waals surface area contributed by atoms with Gasteiger partial charge in [-0.2, -0.15) is 0 Å². The maximum absolute atomic E-state index is 13.6. The van der Waals surface area contributed by atoms with Crippen molar-refractivity contribution in [1.82, 2.24) is 20.5 Å². The molecule has 1 saturated heterocycles. The van der Waals surface area contributed by atoms with Crippen molar-refractivity contribution in [2.24, 2.45) is 11.8 Å². The smallest absolute Gasteiger partial charge is 0.232 e. The van der Waals surface area contributed by atoms with Gasteiger partial charge in [-0.05, 0) is 51.7 Å². The van der Waals surface area contributed by atoms with E-state index in [4.69, 9.17) is 14.9 Å². The molecule has 10 nitrogen and oxygen atoms in total. The quantitative estimate of drug-likeness (QED) is 0.459. The van der Waals surface area contributed by atoms with E-state index in [0.717, 1.165) is 11.1 Å². The van der Waals surface area contributed by atoms with Crippen LogP contribution in [-0.2, 0) is 9.59 Å². The molecule has 5 rings (SSSR count). The topological polar surface area (TPSA) is 137 Å².